The topological polar surface area (TPSA) is 49.8 Å². The first-order valence-electron chi connectivity index (χ1n) is 7.01. The highest BCUT2D eigenvalue weighted by atomic mass is 15.2. The standard InChI is InChI=1S/C14H24N4/c1-11(2)9-13-3-4-14(18-17-13)16-8-6-12-5-7-15-10-12/h3-4,11-12,15H,5-10H2,1-2H3,(H,16,18). The summed E-state index contributed by atoms with van der Waals surface area (Å²) in [6.07, 6.45) is 3.52. The minimum absolute atomic E-state index is 0.632. The van der Waals surface area contributed by atoms with Crippen LogP contribution in [0.15, 0.2) is 12.1 Å². The zero-order valence-corrected chi connectivity index (χ0v) is 11.4. The van der Waals surface area contributed by atoms with Crippen molar-refractivity contribution in [3.63, 3.8) is 0 Å². The summed E-state index contributed by atoms with van der Waals surface area (Å²) in [5, 5.41) is 15.2. The van der Waals surface area contributed by atoms with Crippen molar-refractivity contribution in [1.82, 2.24) is 15.5 Å². The number of anilines is 1. The van der Waals surface area contributed by atoms with Crippen LogP contribution in [0.2, 0.25) is 0 Å². The van der Waals surface area contributed by atoms with Crippen LogP contribution in [-0.2, 0) is 6.42 Å². The van der Waals surface area contributed by atoms with Crippen LogP contribution >= 0.6 is 0 Å². The lowest BCUT2D eigenvalue weighted by Crippen LogP contribution is -2.13. The van der Waals surface area contributed by atoms with E-state index in [0.717, 1.165) is 30.4 Å². The molecule has 0 saturated carbocycles. The maximum absolute atomic E-state index is 4.24. The van der Waals surface area contributed by atoms with Gasteiger partial charge in [0.2, 0.25) is 0 Å². The van der Waals surface area contributed by atoms with Gasteiger partial charge in [-0.1, -0.05) is 13.8 Å². The van der Waals surface area contributed by atoms with E-state index in [-0.39, 0.29) is 0 Å². The van der Waals surface area contributed by atoms with Crippen molar-refractivity contribution in [1.29, 1.82) is 0 Å². The Morgan fingerprint density at radius 2 is 2.28 bits per heavy atom. The monoisotopic (exact) mass is 248 g/mol. The summed E-state index contributed by atoms with van der Waals surface area (Å²) in [6, 6.07) is 4.12. The van der Waals surface area contributed by atoms with Crippen molar-refractivity contribution in [2.75, 3.05) is 25.0 Å². The zero-order valence-electron chi connectivity index (χ0n) is 11.4. The highest BCUT2D eigenvalue weighted by Crippen LogP contribution is 2.12. The fourth-order valence-corrected chi connectivity index (χ4v) is 2.35. The quantitative estimate of drug-likeness (QED) is 0.809. The molecule has 0 radical (unpaired) electrons. The van der Waals surface area contributed by atoms with E-state index in [1.54, 1.807) is 0 Å². The minimum Gasteiger partial charge on any atom is -0.369 e. The molecule has 1 unspecified atom stereocenters. The second-order valence-electron chi connectivity index (χ2n) is 5.58. The number of rotatable bonds is 6. The summed E-state index contributed by atoms with van der Waals surface area (Å²) in [5.41, 5.74) is 1.08. The normalized spacial score (nSPS) is 19.4. The van der Waals surface area contributed by atoms with E-state index in [1.165, 1.54) is 25.9 Å². The average molecular weight is 248 g/mol. The van der Waals surface area contributed by atoms with Crippen LogP contribution in [0.25, 0.3) is 0 Å². The molecule has 0 aliphatic carbocycles. The van der Waals surface area contributed by atoms with Gasteiger partial charge in [-0.3, -0.25) is 0 Å². The first kappa shape index (κ1) is 13.3. The number of nitrogens with zero attached hydrogens (tertiary/aromatic N) is 2. The molecule has 18 heavy (non-hydrogen) atoms. The molecule has 1 saturated heterocycles. The fourth-order valence-electron chi connectivity index (χ4n) is 2.35. The van der Waals surface area contributed by atoms with E-state index in [1.807, 2.05) is 6.07 Å². The van der Waals surface area contributed by atoms with Gasteiger partial charge in [-0.25, -0.2) is 0 Å². The third-order valence-corrected chi connectivity index (χ3v) is 3.36. The second-order valence-corrected chi connectivity index (χ2v) is 5.58. The smallest absolute Gasteiger partial charge is 0.148 e. The Morgan fingerprint density at radius 3 is 2.89 bits per heavy atom. The summed E-state index contributed by atoms with van der Waals surface area (Å²) >= 11 is 0. The van der Waals surface area contributed by atoms with Gasteiger partial charge >= 0.3 is 0 Å². The molecule has 0 aromatic carbocycles. The van der Waals surface area contributed by atoms with Gasteiger partial charge in [0.25, 0.3) is 0 Å². The van der Waals surface area contributed by atoms with E-state index in [2.05, 4.69) is 40.7 Å². The van der Waals surface area contributed by atoms with Crippen LogP contribution < -0.4 is 10.6 Å². The SMILES string of the molecule is CC(C)Cc1ccc(NCCC2CCNC2)nn1. The van der Waals surface area contributed by atoms with Crippen molar-refractivity contribution in [2.45, 2.75) is 33.1 Å². The molecule has 1 aromatic rings. The van der Waals surface area contributed by atoms with Crippen LogP contribution in [-0.4, -0.2) is 29.8 Å². The van der Waals surface area contributed by atoms with Gasteiger partial charge in [0.15, 0.2) is 0 Å². The molecular formula is C14H24N4. The lowest BCUT2D eigenvalue weighted by molar-refractivity contribution is 0.548. The van der Waals surface area contributed by atoms with Crippen molar-refractivity contribution >= 4 is 5.82 Å². The van der Waals surface area contributed by atoms with Gasteiger partial charge in [-0.2, -0.15) is 5.10 Å². The van der Waals surface area contributed by atoms with Crippen molar-refractivity contribution < 1.29 is 0 Å². The largest absolute Gasteiger partial charge is 0.369 e. The number of hydrogen-bond acceptors (Lipinski definition) is 4. The first-order chi connectivity index (χ1) is 8.74. The molecule has 1 fully saturated rings. The van der Waals surface area contributed by atoms with Gasteiger partial charge < -0.3 is 10.6 Å². The van der Waals surface area contributed by atoms with Crippen LogP contribution in [0.3, 0.4) is 0 Å². The molecule has 0 bridgehead atoms. The van der Waals surface area contributed by atoms with Crippen molar-refractivity contribution in [3.8, 4) is 0 Å². The Hall–Kier alpha value is -1.16. The van der Waals surface area contributed by atoms with E-state index in [0.29, 0.717) is 5.92 Å². The van der Waals surface area contributed by atoms with E-state index >= 15 is 0 Å². The highest BCUT2D eigenvalue weighted by molar-refractivity contribution is 5.32. The molecule has 2 heterocycles. The van der Waals surface area contributed by atoms with Crippen LogP contribution in [0.4, 0.5) is 5.82 Å². The molecule has 0 spiro atoms. The second kappa shape index (κ2) is 6.69. The molecule has 2 N–H and O–H groups in total. The third kappa shape index (κ3) is 4.26. The molecule has 1 aliphatic heterocycles. The number of aromatic nitrogens is 2. The van der Waals surface area contributed by atoms with Crippen LogP contribution in [0, 0.1) is 11.8 Å². The molecule has 4 heteroatoms. The Balaban J connectivity index is 1.72. The van der Waals surface area contributed by atoms with Gasteiger partial charge in [0.05, 0.1) is 5.69 Å². The van der Waals surface area contributed by atoms with Gasteiger partial charge in [-0.15, -0.1) is 5.10 Å². The molecule has 2 rings (SSSR count). The van der Waals surface area contributed by atoms with Gasteiger partial charge in [0.1, 0.15) is 5.82 Å². The van der Waals surface area contributed by atoms with Crippen LogP contribution in [0.5, 0.6) is 0 Å². The lowest BCUT2D eigenvalue weighted by Gasteiger charge is -2.10. The van der Waals surface area contributed by atoms with E-state index in [9.17, 15) is 0 Å². The van der Waals surface area contributed by atoms with E-state index < -0.39 is 0 Å². The molecular weight excluding hydrogens is 224 g/mol. The molecule has 100 valence electrons. The molecule has 0 amide bonds. The summed E-state index contributed by atoms with van der Waals surface area (Å²) in [5.74, 6) is 2.35. The molecule has 1 atom stereocenters. The summed E-state index contributed by atoms with van der Waals surface area (Å²) in [6.45, 7) is 7.73. The van der Waals surface area contributed by atoms with Gasteiger partial charge in [-0.05, 0) is 56.3 Å². The minimum atomic E-state index is 0.632. The highest BCUT2D eigenvalue weighted by Gasteiger charge is 2.13. The zero-order chi connectivity index (χ0) is 12.8. The average Bonchev–Trinajstić information content (AvgIpc) is 2.84. The van der Waals surface area contributed by atoms with Crippen molar-refractivity contribution in [3.05, 3.63) is 17.8 Å². The van der Waals surface area contributed by atoms with Crippen LogP contribution in [0.1, 0.15) is 32.4 Å². The fraction of sp³-hybridized carbons (Fsp3) is 0.714. The number of hydrogen-bond donors (Lipinski definition) is 2. The maximum Gasteiger partial charge on any atom is 0.148 e. The summed E-state index contributed by atoms with van der Waals surface area (Å²) < 4.78 is 0. The Morgan fingerprint density at radius 1 is 1.39 bits per heavy atom. The van der Waals surface area contributed by atoms with Crippen molar-refractivity contribution in [2.24, 2.45) is 11.8 Å². The number of nitrogens with one attached hydrogen (secondary N) is 2. The Labute approximate surface area is 110 Å². The summed E-state index contributed by atoms with van der Waals surface area (Å²) in [4.78, 5) is 0. The Kier molecular flexibility index (Phi) is 4.93. The Bertz CT molecular complexity index is 341. The molecule has 1 aromatic heterocycles. The predicted molar refractivity (Wildman–Crippen MR) is 74.7 cm³/mol. The summed E-state index contributed by atoms with van der Waals surface area (Å²) in [7, 11) is 0. The molecule has 4 nitrogen and oxygen atoms in total. The first-order valence-corrected chi connectivity index (χ1v) is 7.01. The maximum atomic E-state index is 4.24. The predicted octanol–water partition coefficient (Wildman–Crippen LogP) is 2.09. The van der Waals surface area contributed by atoms with Gasteiger partial charge in [0, 0.05) is 6.54 Å². The molecule has 1 aliphatic rings. The lowest BCUT2D eigenvalue weighted by atomic mass is 10.1. The van der Waals surface area contributed by atoms with E-state index in [4.69, 9.17) is 0 Å². The third-order valence-electron chi connectivity index (χ3n) is 3.36.